The predicted molar refractivity (Wildman–Crippen MR) is 82.7 cm³/mol. The summed E-state index contributed by atoms with van der Waals surface area (Å²) in [7, 11) is 1.42. The van der Waals surface area contributed by atoms with Crippen LogP contribution in [0.3, 0.4) is 0 Å². The van der Waals surface area contributed by atoms with Gasteiger partial charge < -0.3 is 4.74 Å². The number of ether oxygens (including phenoxy) is 1. The third-order valence-corrected chi connectivity index (χ3v) is 3.87. The Morgan fingerprint density at radius 3 is 2.41 bits per heavy atom. The molecule has 1 fully saturated rings. The van der Waals surface area contributed by atoms with E-state index in [0.717, 1.165) is 11.1 Å². The van der Waals surface area contributed by atoms with Crippen LogP contribution < -0.4 is 0 Å². The summed E-state index contributed by atoms with van der Waals surface area (Å²) in [5.74, 6) is -0.255. The molecule has 0 saturated carbocycles. The van der Waals surface area contributed by atoms with Crippen LogP contribution in [0, 0.1) is 0 Å². The summed E-state index contributed by atoms with van der Waals surface area (Å²) < 4.78 is 4.93. The van der Waals surface area contributed by atoms with Crippen LogP contribution >= 0.6 is 0 Å². The summed E-state index contributed by atoms with van der Waals surface area (Å²) in [6.07, 6.45) is 0.484. The Morgan fingerprint density at radius 2 is 1.77 bits per heavy atom. The first-order valence-corrected chi connectivity index (χ1v) is 7.38. The van der Waals surface area contributed by atoms with Crippen LogP contribution in [0.5, 0.6) is 0 Å². The maximum Gasteiger partial charge on any atom is 0.325 e. The first-order valence-electron chi connectivity index (χ1n) is 7.38. The molecule has 2 aromatic carbocycles. The number of carbonyl (C=O) groups excluding carboxylic acids is 1. The van der Waals surface area contributed by atoms with Gasteiger partial charge in [0.1, 0.15) is 12.1 Å². The van der Waals surface area contributed by atoms with Crippen molar-refractivity contribution in [3.63, 3.8) is 0 Å². The highest BCUT2D eigenvalue weighted by atomic mass is 16.7. The molecule has 114 valence electrons. The van der Waals surface area contributed by atoms with E-state index in [4.69, 9.17) is 9.57 Å². The number of hydrogen-bond acceptors (Lipinski definition) is 4. The highest BCUT2D eigenvalue weighted by Gasteiger charge is 2.39. The molecule has 2 atom stereocenters. The average molecular weight is 297 g/mol. The molecule has 0 N–H and O–H groups in total. The minimum atomic E-state index is -0.379. The van der Waals surface area contributed by atoms with E-state index in [2.05, 4.69) is 0 Å². The second kappa shape index (κ2) is 6.73. The minimum Gasteiger partial charge on any atom is -0.468 e. The summed E-state index contributed by atoms with van der Waals surface area (Å²) in [6.45, 7) is 0.559. The Hall–Kier alpha value is -2.17. The molecule has 0 spiro atoms. The quantitative estimate of drug-likeness (QED) is 0.813. The van der Waals surface area contributed by atoms with Crippen molar-refractivity contribution in [2.24, 2.45) is 0 Å². The maximum atomic E-state index is 12.0. The van der Waals surface area contributed by atoms with Crippen molar-refractivity contribution >= 4 is 5.97 Å². The number of hydrogen-bond donors (Lipinski definition) is 0. The van der Waals surface area contributed by atoms with Crippen molar-refractivity contribution in [2.45, 2.75) is 25.1 Å². The lowest BCUT2D eigenvalue weighted by atomic mass is 10.0. The smallest absolute Gasteiger partial charge is 0.325 e. The van der Waals surface area contributed by atoms with E-state index >= 15 is 0 Å². The molecule has 0 amide bonds. The molecule has 2 aromatic rings. The number of esters is 1. The lowest BCUT2D eigenvalue weighted by Crippen LogP contribution is -2.35. The zero-order chi connectivity index (χ0) is 15.4. The van der Waals surface area contributed by atoms with Crippen LogP contribution in [0.15, 0.2) is 60.7 Å². The molecular weight excluding hydrogens is 278 g/mol. The second-order valence-corrected chi connectivity index (χ2v) is 5.34. The van der Waals surface area contributed by atoms with Gasteiger partial charge in [0.05, 0.1) is 13.7 Å². The molecule has 0 radical (unpaired) electrons. The Kier molecular flexibility index (Phi) is 4.51. The van der Waals surface area contributed by atoms with Gasteiger partial charge in [-0.15, -0.1) is 0 Å². The number of methoxy groups -OCH3 is 1. The molecule has 22 heavy (non-hydrogen) atoms. The van der Waals surface area contributed by atoms with Gasteiger partial charge in [0.2, 0.25) is 0 Å². The maximum absolute atomic E-state index is 12.0. The Labute approximate surface area is 130 Å². The summed E-state index contributed by atoms with van der Waals surface area (Å²) >= 11 is 0. The van der Waals surface area contributed by atoms with E-state index in [0.29, 0.717) is 13.0 Å². The predicted octanol–water partition coefficient (Wildman–Crippen LogP) is 3.11. The summed E-state index contributed by atoms with van der Waals surface area (Å²) in [6, 6.07) is 19.6. The Morgan fingerprint density at radius 1 is 1.14 bits per heavy atom. The van der Waals surface area contributed by atoms with Crippen LogP contribution in [-0.2, 0) is 20.9 Å². The van der Waals surface area contributed by atoms with Crippen LogP contribution in [0.4, 0.5) is 0 Å². The van der Waals surface area contributed by atoms with Crippen LogP contribution in [0.1, 0.15) is 23.7 Å². The van der Waals surface area contributed by atoms with Crippen LogP contribution in [0.2, 0.25) is 0 Å². The highest BCUT2D eigenvalue weighted by Crippen LogP contribution is 2.34. The van der Waals surface area contributed by atoms with E-state index in [1.54, 1.807) is 5.06 Å². The Bertz CT molecular complexity index is 615. The molecule has 3 rings (SSSR count). The normalized spacial score (nSPS) is 21.7. The van der Waals surface area contributed by atoms with Gasteiger partial charge in [0.25, 0.3) is 0 Å². The summed E-state index contributed by atoms with van der Waals surface area (Å²) in [5.41, 5.74) is 2.18. The second-order valence-electron chi connectivity index (χ2n) is 5.34. The zero-order valence-corrected chi connectivity index (χ0v) is 12.5. The van der Waals surface area contributed by atoms with Gasteiger partial charge in [-0.1, -0.05) is 60.7 Å². The highest BCUT2D eigenvalue weighted by molar-refractivity contribution is 5.75. The lowest BCUT2D eigenvalue weighted by Gasteiger charge is -2.21. The van der Waals surface area contributed by atoms with E-state index in [1.807, 2.05) is 60.7 Å². The molecule has 1 aliphatic heterocycles. The van der Waals surface area contributed by atoms with Gasteiger partial charge in [-0.25, -0.2) is 0 Å². The molecule has 0 aromatic heterocycles. The minimum absolute atomic E-state index is 0.117. The zero-order valence-electron chi connectivity index (χ0n) is 12.5. The fourth-order valence-corrected chi connectivity index (χ4v) is 2.73. The SMILES string of the molecule is COC(=O)[C@@H]1C[C@@H](c2ccccc2)ON1Cc1ccccc1. The summed E-state index contributed by atoms with van der Waals surface area (Å²) in [4.78, 5) is 18.1. The van der Waals surface area contributed by atoms with Gasteiger partial charge in [-0.2, -0.15) is 5.06 Å². The van der Waals surface area contributed by atoms with E-state index in [9.17, 15) is 4.79 Å². The monoisotopic (exact) mass is 297 g/mol. The molecular formula is C18H19NO3. The molecule has 0 unspecified atom stereocenters. The van der Waals surface area contributed by atoms with Crippen molar-refractivity contribution in [1.29, 1.82) is 0 Å². The molecule has 4 nitrogen and oxygen atoms in total. The fraction of sp³-hybridized carbons (Fsp3) is 0.278. The molecule has 0 aliphatic carbocycles. The summed E-state index contributed by atoms with van der Waals surface area (Å²) in [5, 5.41) is 1.73. The third-order valence-electron chi connectivity index (χ3n) is 3.87. The van der Waals surface area contributed by atoms with Gasteiger partial charge in [0.15, 0.2) is 0 Å². The van der Waals surface area contributed by atoms with E-state index < -0.39 is 0 Å². The number of hydroxylamine groups is 2. The molecule has 0 bridgehead atoms. The number of nitrogens with zero attached hydrogens (tertiary/aromatic N) is 1. The van der Waals surface area contributed by atoms with E-state index in [-0.39, 0.29) is 18.1 Å². The fourth-order valence-electron chi connectivity index (χ4n) is 2.73. The largest absolute Gasteiger partial charge is 0.468 e. The van der Waals surface area contributed by atoms with Crippen molar-refractivity contribution < 1.29 is 14.4 Å². The first kappa shape index (κ1) is 14.8. The van der Waals surface area contributed by atoms with Crippen molar-refractivity contribution in [3.8, 4) is 0 Å². The average Bonchev–Trinajstić information content (AvgIpc) is 3.00. The van der Waals surface area contributed by atoms with Crippen LogP contribution in [0.25, 0.3) is 0 Å². The number of rotatable bonds is 4. The third kappa shape index (κ3) is 3.18. The molecule has 1 heterocycles. The Balaban J connectivity index is 1.79. The number of benzene rings is 2. The molecule has 1 saturated heterocycles. The van der Waals surface area contributed by atoms with Crippen LogP contribution in [-0.4, -0.2) is 24.2 Å². The van der Waals surface area contributed by atoms with Gasteiger partial charge in [0, 0.05) is 6.42 Å². The van der Waals surface area contributed by atoms with Gasteiger partial charge >= 0.3 is 5.97 Å². The standard InChI is InChI=1S/C18H19NO3/c1-21-18(20)16-12-17(15-10-6-3-7-11-15)22-19(16)13-14-8-4-2-5-9-14/h2-11,16-17H,12-13H2,1H3/t16-,17-/m0/s1. The van der Waals surface area contributed by atoms with Crippen molar-refractivity contribution in [3.05, 3.63) is 71.8 Å². The number of carbonyl (C=O) groups is 1. The molecule has 1 aliphatic rings. The van der Waals surface area contributed by atoms with Gasteiger partial charge in [-0.05, 0) is 11.1 Å². The lowest BCUT2D eigenvalue weighted by molar-refractivity contribution is -0.186. The van der Waals surface area contributed by atoms with E-state index in [1.165, 1.54) is 7.11 Å². The van der Waals surface area contributed by atoms with Crippen molar-refractivity contribution in [1.82, 2.24) is 5.06 Å². The van der Waals surface area contributed by atoms with Gasteiger partial charge in [-0.3, -0.25) is 9.63 Å². The molecule has 4 heteroatoms. The topological polar surface area (TPSA) is 38.8 Å². The van der Waals surface area contributed by atoms with Crippen molar-refractivity contribution in [2.75, 3.05) is 7.11 Å². The first-order chi connectivity index (χ1) is 10.8.